The van der Waals surface area contributed by atoms with Crippen molar-refractivity contribution in [3.63, 3.8) is 0 Å². The Morgan fingerprint density at radius 2 is 1.80 bits per heavy atom. The molecule has 0 radical (unpaired) electrons. The van der Waals surface area contributed by atoms with Crippen LogP contribution >= 0.6 is 15.9 Å². The first kappa shape index (κ1) is 15.9. The summed E-state index contributed by atoms with van der Waals surface area (Å²) in [5, 5.41) is 0. The summed E-state index contributed by atoms with van der Waals surface area (Å²) in [6, 6.07) is 3.80. The van der Waals surface area contributed by atoms with Crippen LogP contribution in [0.2, 0.25) is 0 Å². The van der Waals surface area contributed by atoms with Gasteiger partial charge in [-0.1, -0.05) is 13.8 Å². The Morgan fingerprint density at radius 3 is 2.35 bits per heavy atom. The third-order valence-corrected chi connectivity index (χ3v) is 5.86. The van der Waals surface area contributed by atoms with E-state index in [0.717, 1.165) is 25.3 Å². The van der Waals surface area contributed by atoms with Crippen molar-refractivity contribution in [1.82, 2.24) is 4.72 Å². The van der Waals surface area contributed by atoms with Crippen LogP contribution in [0, 0.1) is 17.7 Å². The number of sulfonamides is 1. The molecule has 1 saturated carbocycles. The second kappa shape index (κ2) is 6.12. The fraction of sp³-hybridized carbons (Fsp3) is 0.571. The van der Waals surface area contributed by atoms with Crippen LogP contribution in [-0.4, -0.2) is 14.5 Å². The van der Waals surface area contributed by atoms with E-state index < -0.39 is 15.8 Å². The van der Waals surface area contributed by atoms with Crippen LogP contribution in [0.15, 0.2) is 27.6 Å². The standard InChI is InChI=1S/C14H19BrFNO2S/c1-9-5-10(2)7-11(6-9)17-20(18,19)12-3-4-13(15)14(16)8-12/h3-4,8-11,17H,5-7H2,1-2H3. The average Bonchev–Trinajstić information content (AvgIpc) is 2.30. The van der Waals surface area contributed by atoms with Gasteiger partial charge in [-0.2, -0.15) is 0 Å². The van der Waals surface area contributed by atoms with E-state index in [9.17, 15) is 12.8 Å². The van der Waals surface area contributed by atoms with Gasteiger partial charge in [-0.05, 0) is 65.2 Å². The first-order chi connectivity index (χ1) is 9.28. The Balaban J connectivity index is 2.16. The molecular formula is C14H19BrFNO2S. The van der Waals surface area contributed by atoms with Gasteiger partial charge in [-0.15, -0.1) is 0 Å². The number of rotatable bonds is 3. The summed E-state index contributed by atoms with van der Waals surface area (Å²) in [5.41, 5.74) is 0. The van der Waals surface area contributed by atoms with E-state index in [4.69, 9.17) is 0 Å². The highest BCUT2D eigenvalue weighted by Gasteiger charge is 2.28. The van der Waals surface area contributed by atoms with E-state index in [1.54, 1.807) is 0 Å². The van der Waals surface area contributed by atoms with E-state index in [1.165, 1.54) is 12.1 Å². The third kappa shape index (κ3) is 3.80. The molecule has 0 heterocycles. The lowest BCUT2D eigenvalue weighted by Gasteiger charge is -2.31. The van der Waals surface area contributed by atoms with Crippen molar-refractivity contribution < 1.29 is 12.8 Å². The number of hydrogen-bond acceptors (Lipinski definition) is 2. The van der Waals surface area contributed by atoms with Crippen molar-refractivity contribution in [3.8, 4) is 0 Å². The van der Waals surface area contributed by atoms with Gasteiger partial charge in [0.1, 0.15) is 5.82 Å². The quantitative estimate of drug-likeness (QED) is 0.889. The Kier molecular flexibility index (Phi) is 4.87. The normalized spacial score (nSPS) is 27.5. The molecule has 20 heavy (non-hydrogen) atoms. The first-order valence-corrected chi connectivity index (χ1v) is 9.03. The van der Waals surface area contributed by atoms with Gasteiger partial charge in [0.05, 0.1) is 9.37 Å². The van der Waals surface area contributed by atoms with Gasteiger partial charge in [-0.25, -0.2) is 17.5 Å². The highest BCUT2D eigenvalue weighted by molar-refractivity contribution is 9.10. The molecule has 0 aliphatic heterocycles. The van der Waals surface area contributed by atoms with E-state index in [1.807, 2.05) is 0 Å². The monoisotopic (exact) mass is 363 g/mol. The molecule has 2 atom stereocenters. The topological polar surface area (TPSA) is 46.2 Å². The van der Waals surface area contributed by atoms with Crippen molar-refractivity contribution in [2.24, 2.45) is 11.8 Å². The van der Waals surface area contributed by atoms with Crippen LogP contribution in [0.4, 0.5) is 4.39 Å². The molecule has 1 aliphatic rings. The maximum Gasteiger partial charge on any atom is 0.240 e. The number of hydrogen-bond donors (Lipinski definition) is 1. The number of benzene rings is 1. The summed E-state index contributed by atoms with van der Waals surface area (Å²) in [4.78, 5) is -0.0240. The van der Waals surface area contributed by atoms with Crippen molar-refractivity contribution in [3.05, 3.63) is 28.5 Å². The molecule has 2 rings (SSSR count). The lowest BCUT2D eigenvalue weighted by atomic mass is 9.81. The predicted octanol–water partition coefficient (Wildman–Crippen LogP) is 3.69. The van der Waals surface area contributed by atoms with Gasteiger partial charge in [0.15, 0.2) is 0 Å². The zero-order valence-corrected chi connectivity index (χ0v) is 14.0. The zero-order chi connectivity index (χ0) is 14.9. The smallest absolute Gasteiger partial charge is 0.208 e. The Hall–Kier alpha value is -0.460. The fourth-order valence-electron chi connectivity index (χ4n) is 2.97. The summed E-state index contributed by atoms with van der Waals surface area (Å²) in [6.07, 6.45) is 2.80. The van der Waals surface area contributed by atoms with Gasteiger partial charge < -0.3 is 0 Å². The zero-order valence-electron chi connectivity index (χ0n) is 11.6. The Morgan fingerprint density at radius 1 is 1.20 bits per heavy atom. The molecule has 0 aromatic heterocycles. The second-order valence-corrected chi connectivity index (χ2v) is 8.38. The van der Waals surface area contributed by atoms with Crippen molar-refractivity contribution in [2.75, 3.05) is 0 Å². The molecule has 2 unspecified atom stereocenters. The highest BCUT2D eigenvalue weighted by atomic mass is 79.9. The highest BCUT2D eigenvalue weighted by Crippen LogP contribution is 2.29. The fourth-order valence-corrected chi connectivity index (χ4v) is 4.49. The lowest BCUT2D eigenvalue weighted by molar-refractivity contribution is 0.257. The average molecular weight is 364 g/mol. The molecule has 1 N–H and O–H groups in total. The molecule has 0 amide bonds. The van der Waals surface area contributed by atoms with Crippen LogP contribution in [0.3, 0.4) is 0 Å². The van der Waals surface area contributed by atoms with Crippen molar-refractivity contribution in [1.29, 1.82) is 0 Å². The van der Waals surface area contributed by atoms with Crippen LogP contribution in [-0.2, 0) is 10.0 Å². The third-order valence-electron chi connectivity index (χ3n) is 3.70. The van der Waals surface area contributed by atoms with E-state index in [-0.39, 0.29) is 15.4 Å². The SMILES string of the molecule is CC1CC(C)CC(NS(=O)(=O)c2ccc(Br)c(F)c2)C1. The molecule has 3 nitrogen and oxygen atoms in total. The van der Waals surface area contributed by atoms with E-state index in [0.29, 0.717) is 11.8 Å². The Labute approximate surface area is 128 Å². The molecule has 1 aliphatic carbocycles. The molecule has 6 heteroatoms. The van der Waals surface area contributed by atoms with Gasteiger partial charge >= 0.3 is 0 Å². The Bertz CT molecular complexity index is 581. The second-order valence-electron chi connectivity index (χ2n) is 5.81. The van der Waals surface area contributed by atoms with Gasteiger partial charge in [-0.3, -0.25) is 0 Å². The molecule has 1 aromatic rings. The van der Waals surface area contributed by atoms with Crippen LogP contribution in [0.5, 0.6) is 0 Å². The maximum atomic E-state index is 13.5. The summed E-state index contributed by atoms with van der Waals surface area (Å²) < 4.78 is 41.0. The van der Waals surface area contributed by atoms with E-state index in [2.05, 4.69) is 34.5 Å². The summed E-state index contributed by atoms with van der Waals surface area (Å²) in [6.45, 7) is 4.27. The van der Waals surface area contributed by atoms with Crippen LogP contribution in [0.1, 0.15) is 33.1 Å². The maximum absolute atomic E-state index is 13.5. The minimum atomic E-state index is -3.66. The van der Waals surface area contributed by atoms with E-state index >= 15 is 0 Å². The summed E-state index contributed by atoms with van der Waals surface area (Å²) in [5.74, 6) is 0.444. The first-order valence-electron chi connectivity index (χ1n) is 6.75. The van der Waals surface area contributed by atoms with Crippen molar-refractivity contribution >= 4 is 26.0 Å². The molecule has 1 fully saturated rings. The van der Waals surface area contributed by atoms with Gasteiger partial charge in [0.25, 0.3) is 0 Å². The number of nitrogens with one attached hydrogen (secondary N) is 1. The molecule has 0 spiro atoms. The molecular weight excluding hydrogens is 345 g/mol. The van der Waals surface area contributed by atoms with Crippen molar-refractivity contribution in [2.45, 2.75) is 44.0 Å². The van der Waals surface area contributed by atoms with Gasteiger partial charge in [0.2, 0.25) is 10.0 Å². The van der Waals surface area contributed by atoms with Crippen LogP contribution in [0.25, 0.3) is 0 Å². The van der Waals surface area contributed by atoms with Gasteiger partial charge in [0, 0.05) is 6.04 Å². The minimum Gasteiger partial charge on any atom is -0.208 e. The minimum absolute atomic E-state index is 0.0240. The largest absolute Gasteiger partial charge is 0.240 e. The molecule has 112 valence electrons. The molecule has 0 bridgehead atoms. The predicted molar refractivity (Wildman–Crippen MR) is 80.4 cm³/mol. The lowest BCUT2D eigenvalue weighted by Crippen LogP contribution is -2.40. The number of halogens is 2. The van der Waals surface area contributed by atoms with Crippen LogP contribution < -0.4 is 4.72 Å². The molecule has 1 aromatic carbocycles. The summed E-state index contributed by atoms with van der Waals surface area (Å²) in [7, 11) is -3.66. The summed E-state index contributed by atoms with van der Waals surface area (Å²) >= 11 is 3.02. The molecule has 0 saturated heterocycles.